The van der Waals surface area contributed by atoms with Gasteiger partial charge < -0.3 is 4.98 Å². The van der Waals surface area contributed by atoms with E-state index in [0.717, 1.165) is 0 Å². The van der Waals surface area contributed by atoms with Crippen molar-refractivity contribution in [3.8, 4) is 0 Å². The van der Waals surface area contributed by atoms with Crippen molar-refractivity contribution in [3.05, 3.63) is 54.9 Å². The second kappa shape index (κ2) is 3.08. The number of hydrogen-bond acceptors (Lipinski definition) is 0. The maximum Gasteiger partial charge on any atom is 0.235 e. The summed E-state index contributed by atoms with van der Waals surface area (Å²) in [6, 6.07) is 14.9. The predicted octanol–water partition coefficient (Wildman–Crippen LogP) is 3.29. The van der Waals surface area contributed by atoms with E-state index in [0.29, 0.717) is 0 Å². The van der Waals surface area contributed by atoms with Crippen molar-refractivity contribution in [2.75, 3.05) is 0 Å². The lowest BCUT2D eigenvalue weighted by molar-refractivity contribution is -0.341. The summed E-state index contributed by atoms with van der Waals surface area (Å²) in [5, 5.41) is 5.03. The molecular weight excluding hydrogens is 208 g/mol. The van der Waals surface area contributed by atoms with E-state index >= 15 is 0 Å². The van der Waals surface area contributed by atoms with Gasteiger partial charge in [-0.05, 0) is 18.2 Å². The van der Waals surface area contributed by atoms with Crippen molar-refractivity contribution >= 4 is 32.6 Å². The molecule has 0 aliphatic rings. The summed E-state index contributed by atoms with van der Waals surface area (Å²) in [5.41, 5.74) is 2.35. The van der Waals surface area contributed by atoms with Crippen LogP contribution >= 0.6 is 0 Å². The molecule has 80 valence electrons. The number of benzene rings is 2. The van der Waals surface area contributed by atoms with Crippen molar-refractivity contribution in [3.63, 3.8) is 0 Å². The first-order chi connectivity index (χ1) is 8.43. The number of rotatable bonds is 0. The molecular formula is C15H11N2+. The van der Waals surface area contributed by atoms with Crippen molar-refractivity contribution in [1.82, 2.24) is 4.98 Å². The van der Waals surface area contributed by atoms with E-state index in [4.69, 9.17) is 0 Å². The fourth-order valence-corrected chi connectivity index (χ4v) is 2.52. The van der Waals surface area contributed by atoms with Crippen LogP contribution in [0.1, 0.15) is 0 Å². The Bertz CT molecular complexity index is 843. The van der Waals surface area contributed by atoms with Gasteiger partial charge in [0.05, 0.1) is 5.39 Å². The number of pyridine rings is 1. The minimum Gasteiger partial charge on any atom is -0.356 e. The number of aromatic amines is 2. The standard InChI is InChI=1S/C15H10N2/c1-2-4-12-11(3-1)9-17-15-13(12)6-5-10-7-8-16-14(10)15/h1-9,16H/p+1. The molecule has 17 heavy (non-hydrogen) atoms. The van der Waals surface area contributed by atoms with Crippen LogP contribution in [0.5, 0.6) is 0 Å². The number of hydrogen-bond donors (Lipinski definition) is 1. The van der Waals surface area contributed by atoms with Gasteiger partial charge in [0, 0.05) is 22.4 Å². The van der Waals surface area contributed by atoms with E-state index in [9.17, 15) is 0 Å². The van der Waals surface area contributed by atoms with Crippen molar-refractivity contribution in [2.24, 2.45) is 0 Å². The zero-order valence-electron chi connectivity index (χ0n) is 9.20. The fourth-order valence-electron chi connectivity index (χ4n) is 2.52. The molecule has 2 nitrogen and oxygen atoms in total. The highest BCUT2D eigenvalue weighted by atomic mass is 14.7. The Kier molecular flexibility index (Phi) is 1.59. The van der Waals surface area contributed by atoms with E-state index in [1.807, 2.05) is 6.20 Å². The fraction of sp³-hybridized carbons (Fsp3) is 0. The average Bonchev–Trinajstić information content (AvgIpc) is 2.86. The smallest absolute Gasteiger partial charge is 0.235 e. The van der Waals surface area contributed by atoms with Crippen LogP contribution in [0, 0.1) is 0 Å². The van der Waals surface area contributed by atoms with E-state index in [2.05, 4.69) is 58.6 Å². The van der Waals surface area contributed by atoms with Crippen LogP contribution in [0.15, 0.2) is 54.9 Å². The third kappa shape index (κ3) is 1.12. The molecule has 4 rings (SSSR count). The molecule has 0 amide bonds. The highest BCUT2D eigenvalue weighted by Crippen LogP contribution is 2.26. The van der Waals surface area contributed by atoms with Crippen LogP contribution in [-0.2, 0) is 0 Å². The second-order valence-electron chi connectivity index (χ2n) is 4.31. The molecule has 2 heteroatoms. The number of fused-ring (bicyclic) bond motifs is 5. The average molecular weight is 219 g/mol. The molecule has 0 saturated heterocycles. The molecule has 2 heterocycles. The first-order valence-electron chi connectivity index (χ1n) is 5.73. The first-order valence-corrected chi connectivity index (χ1v) is 5.73. The van der Waals surface area contributed by atoms with E-state index < -0.39 is 0 Å². The third-order valence-electron chi connectivity index (χ3n) is 3.35. The molecule has 2 aromatic heterocycles. The molecule has 4 aromatic rings. The molecule has 0 radical (unpaired) electrons. The second-order valence-corrected chi connectivity index (χ2v) is 4.31. The highest BCUT2D eigenvalue weighted by molar-refractivity contribution is 6.11. The molecule has 2 aromatic carbocycles. The van der Waals surface area contributed by atoms with Gasteiger partial charge in [0.2, 0.25) is 5.52 Å². The van der Waals surface area contributed by atoms with Crippen molar-refractivity contribution in [1.29, 1.82) is 0 Å². The minimum atomic E-state index is 1.17. The van der Waals surface area contributed by atoms with Gasteiger partial charge in [-0.3, -0.25) is 0 Å². The summed E-state index contributed by atoms with van der Waals surface area (Å²) >= 11 is 0. The number of nitrogens with one attached hydrogen (secondary N) is 2. The molecule has 0 unspecified atom stereocenters. The quantitative estimate of drug-likeness (QED) is 0.440. The van der Waals surface area contributed by atoms with Gasteiger partial charge in [0.25, 0.3) is 0 Å². The summed E-state index contributed by atoms with van der Waals surface area (Å²) in [7, 11) is 0. The van der Waals surface area contributed by atoms with Gasteiger partial charge in [-0.25, -0.2) is 4.98 Å². The maximum atomic E-state index is 3.39. The molecule has 0 spiro atoms. The summed E-state index contributed by atoms with van der Waals surface area (Å²) < 4.78 is 0. The summed E-state index contributed by atoms with van der Waals surface area (Å²) in [5.74, 6) is 0. The third-order valence-corrected chi connectivity index (χ3v) is 3.35. The molecule has 0 bridgehead atoms. The molecule has 0 fully saturated rings. The number of aromatic nitrogens is 2. The summed E-state index contributed by atoms with van der Waals surface area (Å²) in [6.45, 7) is 0. The Balaban J connectivity index is 2.34. The van der Waals surface area contributed by atoms with Crippen molar-refractivity contribution in [2.45, 2.75) is 0 Å². The Morgan fingerprint density at radius 3 is 2.76 bits per heavy atom. The van der Waals surface area contributed by atoms with Crippen LogP contribution in [-0.4, -0.2) is 4.98 Å². The largest absolute Gasteiger partial charge is 0.356 e. The number of H-pyrrole nitrogens is 2. The predicted molar refractivity (Wildman–Crippen MR) is 69.9 cm³/mol. The Labute approximate surface area is 97.9 Å². The minimum absolute atomic E-state index is 1.17. The lowest BCUT2D eigenvalue weighted by Crippen LogP contribution is -2.03. The van der Waals surface area contributed by atoms with Gasteiger partial charge in [0.15, 0.2) is 6.20 Å². The van der Waals surface area contributed by atoms with Crippen molar-refractivity contribution < 1.29 is 4.98 Å². The van der Waals surface area contributed by atoms with Crippen LogP contribution in [0.4, 0.5) is 0 Å². The molecule has 0 aliphatic carbocycles. The normalized spacial score (nSPS) is 11.5. The van der Waals surface area contributed by atoms with E-state index in [1.165, 1.54) is 32.6 Å². The highest BCUT2D eigenvalue weighted by Gasteiger charge is 2.10. The topological polar surface area (TPSA) is 29.9 Å². The van der Waals surface area contributed by atoms with Gasteiger partial charge in [-0.1, -0.05) is 24.3 Å². The van der Waals surface area contributed by atoms with Crippen LogP contribution < -0.4 is 4.98 Å². The molecule has 2 N–H and O–H groups in total. The van der Waals surface area contributed by atoms with Gasteiger partial charge in [0.1, 0.15) is 5.52 Å². The SMILES string of the molecule is c1ccc2c(c1)c[nH+]c1c2ccc2cc[nH]c21. The van der Waals surface area contributed by atoms with Gasteiger partial charge in [-0.15, -0.1) is 0 Å². The molecule has 0 aliphatic heterocycles. The molecule has 0 atom stereocenters. The Hall–Kier alpha value is -2.35. The Morgan fingerprint density at radius 1 is 0.824 bits per heavy atom. The summed E-state index contributed by atoms with van der Waals surface area (Å²) in [6.07, 6.45) is 4.05. The zero-order valence-corrected chi connectivity index (χ0v) is 9.20. The molecule has 0 saturated carbocycles. The van der Waals surface area contributed by atoms with Crippen LogP contribution in [0.25, 0.3) is 32.6 Å². The van der Waals surface area contributed by atoms with E-state index in [-0.39, 0.29) is 0 Å². The van der Waals surface area contributed by atoms with Gasteiger partial charge >= 0.3 is 0 Å². The lowest BCUT2D eigenvalue weighted by Gasteiger charge is -1.99. The lowest BCUT2D eigenvalue weighted by atomic mass is 10.1. The van der Waals surface area contributed by atoms with Gasteiger partial charge in [-0.2, -0.15) is 0 Å². The Morgan fingerprint density at radius 2 is 1.76 bits per heavy atom. The monoisotopic (exact) mass is 219 g/mol. The van der Waals surface area contributed by atoms with Crippen LogP contribution in [0.2, 0.25) is 0 Å². The zero-order chi connectivity index (χ0) is 11.2. The van der Waals surface area contributed by atoms with Crippen LogP contribution in [0.3, 0.4) is 0 Å². The van der Waals surface area contributed by atoms with E-state index in [1.54, 1.807) is 0 Å². The first kappa shape index (κ1) is 8.76. The summed E-state index contributed by atoms with van der Waals surface area (Å²) in [4.78, 5) is 6.69. The maximum absolute atomic E-state index is 3.39.